The van der Waals surface area contributed by atoms with Gasteiger partial charge in [0.2, 0.25) is 0 Å². The van der Waals surface area contributed by atoms with Gasteiger partial charge in [0.15, 0.2) is 0 Å². The van der Waals surface area contributed by atoms with Crippen LogP contribution in [-0.4, -0.2) is 44.0 Å². The quantitative estimate of drug-likeness (QED) is 0.495. The zero-order valence-electron chi connectivity index (χ0n) is 8.82. The highest BCUT2D eigenvalue weighted by atomic mass is 19.3. The van der Waals surface area contributed by atoms with Gasteiger partial charge in [0.1, 0.15) is 0 Å². The van der Waals surface area contributed by atoms with Gasteiger partial charge in [-0.15, -0.1) is 6.42 Å². The van der Waals surface area contributed by atoms with Gasteiger partial charge >= 0.3 is 0 Å². The minimum absolute atomic E-state index is 0.253. The minimum Gasteiger partial charge on any atom is -0.311 e. The van der Waals surface area contributed by atoms with Gasteiger partial charge in [-0.05, 0) is 20.0 Å². The first kappa shape index (κ1) is 13.3. The molecule has 0 aromatic carbocycles. The summed E-state index contributed by atoms with van der Waals surface area (Å²) in [6.45, 7) is 2.23. The van der Waals surface area contributed by atoms with Crippen molar-refractivity contribution in [3.05, 3.63) is 0 Å². The molecule has 82 valence electrons. The Morgan fingerprint density at radius 2 is 2.14 bits per heavy atom. The smallest absolute Gasteiger partial charge is 0.272 e. The fraction of sp³-hybridized carbons (Fsp3) is 0.800. The molecule has 0 bridgehead atoms. The number of terminal acetylenes is 1. The maximum atomic E-state index is 13.1. The summed E-state index contributed by atoms with van der Waals surface area (Å²) in [7, 11) is 1.59. The molecule has 0 saturated heterocycles. The van der Waals surface area contributed by atoms with Crippen molar-refractivity contribution in [2.45, 2.75) is 19.3 Å². The average molecular weight is 204 g/mol. The Morgan fingerprint density at radius 3 is 2.64 bits per heavy atom. The van der Waals surface area contributed by atoms with Crippen LogP contribution in [0.4, 0.5) is 8.78 Å². The molecule has 0 radical (unpaired) electrons. The Morgan fingerprint density at radius 1 is 1.50 bits per heavy atom. The second kappa shape index (κ2) is 6.74. The van der Waals surface area contributed by atoms with E-state index in [0.717, 1.165) is 6.42 Å². The number of alkyl halides is 2. The molecular formula is C10H18F2N2. The highest BCUT2D eigenvalue weighted by Gasteiger charge is 2.29. The molecule has 0 rings (SSSR count). The van der Waals surface area contributed by atoms with Gasteiger partial charge in [-0.3, -0.25) is 4.90 Å². The Balaban J connectivity index is 3.76. The summed E-state index contributed by atoms with van der Waals surface area (Å²) in [5, 5.41) is 2.69. The van der Waals surface area contributed by atoms with E-state index in [2.05, 4.69) is 11.2 Å². The molecule has 0 unspecified atom stereocenters. The predicted octanol–water partition coefficient (Wildman–Crippen LogP) is 1.19. The van der Waals surface area contributed by atoms with Crippen LogP contribution in [0.2, 0.25) is 0 Å². The molecule has 0 aliphatic rings. The molecule has 4 heteroatoms. The van der Waals surface area contributed by atoms with E-state index in [1.807, 2.05) is 6.92 Å². The second-order valence-corrected chi connectivity index (χ2v) is 3.41. The van der Waals surface area contributed by atoms with Crippen molar-refractivity contribution >= 4 is 0 Å². The highest BCUT2D eigenvalue weighted by molar-refractivity contribution is 4.88. The molecule has 0 atom stereocenters. The number of halogens is 2. The van der Waals surface area contributed by atoms with E-state index in [4.69, 9.17) is 6.42 Å². The molecule has 0 fully saturated rings. The van der Waals surface area contributed by atoms with Gasteiger partial charge in [0, 0.05) is 0 Å². The molecule has 0 aromatic heterocycles. The molecule has 0 aromatic rings. The lowest BCUT2D eigenvalue weighted by atomic mass is 10.3. The average Bonchev–Trinajstić information content (AvgIpc) is 2.03. The topological polar surface area (TPSA) is 15.3 Å². The van der Waals surface area contributed by atoms with E-state index < -0.39 is 5.92 Å². The minimum atomic E-state index is -2.71. The van der Waals surface area contributed by atoms with Crippen molar-refractivity contribution < 1.29 is 8.78 Å². The van der Waals surface area contributed by atoms with E-state index in [1.165, 1.54) is 4.90 Å². The number of nitrogens with one attached hydrogen (secondary N) is 1. The summed E-state index contributed by atoms with van der Waals surface area (Å²) in [6, 6.07) is 0. The van der Waals surface area contributed by atoms with Crippen molar-refractivity contribution in [2.75, 3.05) is 33.2 Å². The molecule has 0 saturated carbocycles. The zero-order chi connectivity index (χ0) is 11.0. The maximum Gasteiger partial charge on any atom is 0.272 e. The van der Waals surface area contributed by atoms with Crippen LogP contribution in [0.3, 0.4) is 0 Å². The third-order valence-electron chi connectivity index (χ3n) is 1.67. The van der Waals surface area contributed by atoms with Crippen LogP contribution >= 0.6 is 0 Å². The molecular weight excluding hydrogens is 186 g/mol. The van der Waals surface area contributed by atoms with E-state index >= 15 is 0 Å². The van der Waals surface area contributed by atoms with Crippen LogP contribution in [0, 0.1) is 12.3 Å². The molecule has 0 heterocycles. The van der Waals surface area contributed by atoms with Gasteiger partial charge in [-0.1, -0.05) is 12.8 Å². The predicted molar refractivity (Wildman–Crippen MR) is 54.4 cm³/mol. The molecule has 14 heavy (non-hydrogen) atoms. The molecule has 0 amide bonds. The fourth-order valence-electron chi connectivity index (χ4n) is 1.11. The van der Waals surface area contributed by atoms with Crippen LogP contribution in [-0.2, 0) is 0 Å². The summed E-state index contributed by atoms with van der Waals surface area (Å²) < 4.78 is 26.3. The van der Waals surface area contributed by atoms with Crippen molar-refractivity contribution in [1.29, 1.82) is 0 Å². The monoisotopic (exact) mass is 204 g/mol. The summed E-state index contributed by atoms with van der Waals surface area (Å²) in [5.74, 6) is -0.378. The normalized spacial score (nSPS) is 11.7. The van der Waals surface area contributed by atoms with Crippen molar-refractivity contribution in [1.82, 2.24) is 10.2 Å². The summed E-state index contributed by atoms with van der Waals surface area (Å²) in [6.07, 6.45) is 5.88. The Labute approximate surface area is 84.7 Å². The zero-order valence-corrected chi connectivity index (χ0v) is 8.82. The first-order valence-electron chi connectivity index (χ1n) is 4.72. The van der Waals surface area contributed by atoms with Crippen LogP contribution in [0.5, 0.6) is 0 Å². The van der Waals surface area contributed by atoms with E-state index in [1.54, 1.807) is 7.05 Å². The first-order chi connectivity index (χ1) is 6.52. The lowest BCUT2D eigenvalue weighted by Gasteiger charge is -2.22. The van der Waals surface area contributed by atoms with E-state index in [-0.39, 0.29) is 19.6 Å². The second-order valence-electron chi connectivity index (χ2n) is 3.41. The fourth-order valence-corrected chi connectivity index (χ4v) is 1.11. The van der Waals surface area contributed by atoms with Gasteiger partial charge in [0.05, 0.1) is 19.6 Å². The number of hydrogen-bond acceptors (Lipinski definition) is 2. The lowest BCUT2D eigenvalue weighted by Crippen LogP contribution is -2.42. The molecule has 0 spiro atoms. The highest BCUT2D eigenvalue weighted by Crippen LogP contribution is 2.12. The van der Waals surface area contributed by atoms with Crippen LogP contribution < -0.4 is 5.32 Å². The SMILES string of the molecule is C#CCN(C)CC(F)(F)CNCCC. The van der Waals surface area contributed by atoms with Crippen molar-refractivity contribution in [3.63, 3.8) is 0 Å². The van der Waals surface area contributed by atoms with Gasteiger partial charge in [-0.25, -0.2) is 8.78 Å². The Bertz CT molecular complexity index is 187. The maximum absolute atomic E-state index is 13.1. The first-order valence-corrected chi connectivity index (χ1v) is 4.72. The van der Waals surface area contributed by atoms with Crippen molar-refractivity contribution in [2.24, 2.45) is 0 Å². The molecule has 0 aliphatic heterocycles. The summed E-state index contributed by atoms with van der Waals surface area (Å²) in [4.78, 5) is 1.44. The lowest BCUT2D eigenvalue weighted by molar-refractivity contribution is -0.0220. The van der Waals surface area contributed by atoms with E-state index in [9.17, 15) is 8.78 Å². The summed E-state index contributed by atoms with van der Waals surface area (Å²) >= 11 is 0. The van der Waals surface area contributed by atoms with Crippen LogP contribution in [0.15, 0.2) is 0 Å². The van der Waals surface area contributed by atoms with Crippen LogP contribution in [0.25, 0.3) is 0 Å². The number of hydrogen-bond donors (Lipinski definition) is 1. The van der Waals surface area contributed by atoms with Crippen molar-refractivity contribution in [3.8, 4) is 12.3 Å². The largest absolute Gasteiger partial charge is 0.311 e. The third-order valence-corrected chi connectivity index (χ3v) is 1.67. The third kappa shape index (κ3) is 6.81. The van der Waals surface area contributed by atoms with Gasteiger partial charge < -0.3 is 5.32 Å². The summed E-state index contributed by atoms with van der Waals surface area (Å²) in [5.41, 5.74) is 0. The Kier molecular flexibility index (Phi) is 6.43. The van der Waals surface area contributed by atoms with Crippen LogP contribution in [0.1, 0.15) is 13.3 Å². The Hall–Kier alpha value is -0.660. The van der Waals surface area contributed by atoms with Gasteiger partial charge in [0.25, 0.3) is 5.92 Å². The molecule has 2 nitrogen and oxygen atoms in total. The standard InChI is InChI=1S/C10H18F2N2/c1-4-6-13-8-10(11,12)9-14(3)7-5-2/h2,13H,4,6-9H2,1,3H3. The van der Waals surface area contributed by atoms with Gasteiger partial charge in [-0.2, -0.15) is 0 Å². The molecule has 0 aliphatic carbocycles. The molecule has 1 N–H and O–H groups in total. The number of nitrogens with zero attached hydrogens (tertiary/aromatic N) is 1. The number of rotatable bonds is 7. The van der Waals surface area contributed by atoms with E-state index in [0.29, 0.717) is 6.54 Å².